The molecule has 2 bridgehead atoms. The minimum atomic E-state index is 0.00445. The van der Waals surface area contributed by atoms with Gasteiger partial charge in [-0.25, -0.2) is 24.8 Å². The van der Waals surface area contributed by atoms with Gasteiger partial charge in [0, 0.05) is 45.2 Å². The van der Waals surface area contributed by atoms with E-state index in [2.05, 4.69) is 157 Å². The highest BCUT2D eigenvalue weighted by Crippen LogP contribution is 2.56. The lowest BCUT2D eigenvalue weighted by molar-refractivity contribution is 0.754. The van der Waals surface area contributed by atoms with Crippen LogP contribution in [0.3, 0.4) is 0 Å². The van der Waals surface area contributed by atoms with Gasteiger partial charge in [0.25, 0.3) is 0 Å². The highest BCUT2D eigenvalue weighted by atomic mass is 14.9. The van der Waals surface area contributed by atoms with Crippen molar-refractivity contribution in [2.24, 2.45) is 0 Å². The molecular weight excluding hydrogens is 877 g/mol. The first kappa shape index (κ1) is 42.2. The Balaban J connectivity index is 0.907. The summed E-state index contributed by atoms with van der Waals surface area (Å²) < 4.78 is 0. The fourth-order valence-electron chi connectivity index (χ4n) is 10.6. The van der Waals surface area contributed by atoms with Gasteiger partial charge in [-0.1, -0.05) is 182 Å². The first-order chi connectivity index (χ1) is 35.5. The molecule has 0 fully saturated rings. The van der Waals surface area contributed by atoms with E-state index in [1.54, 1.807) is 0 Å². The van der Waals surface area contributed by atoms with Crippen molar-refractivity contribution in [2.45, 2.75) is 11.8 Å². The van der Waals surface area contributed by atoms with Gasteiger partial charge in [0.05, 0.1) is 41.0 Å². The van der Waals surface area contributed by atoms with Crippen LogP contribution < -0.4 is 0 Å². The zero-order chi connectivity index (χ0) is 48.1. The Morgan fingerprint density at radius 1 is 0.319 bits per heavy atom. The third-order valence-electron chi connectivity index (χ3n) is 14.1. The lowest BCUT2D eigenvalue weighted by atomic mass is 9.61. The fourth-order valence-corrected chi connectivity index (χ4v) is 10.6. The standard InChI is InChI=1S/C66H40N6/c1-68-52-30-26-43(27-31-52)47-17-11-19-49(35-47)62-39-60(45-14-6-3-7-15-45)70-66(72-62)51-29-33-56-58(37-51)64-54-21-9-8-20-53(54)63(56)57-36-50(28-32-55(57)64)65-69-59(44-12-4-2-5-13-44)38-61(71-65)48-18-10-16-46(34-48)42-24-22-41(40-67)23-25-42/h2-39,63-64H. The fraction of sp³-hybridized carbons (Fsp3) is 0.0303. The second kappa shape index (κ2) is 17.6. The minimum absolute atomic E-state index is 0.00445. The van der Waals surface area contributed by atoms with E-state index in [0.29, 0.717) is 22.9 Å². The zero-order valence-electron chi connectivity index (χ0n) is 38.8. The Morgan fingerprint density at radius 3 is 1.14 bits per heavy atom. The van der Waals surface area contributed by atoms with Crippen molar-refractivity contribution < 1.29 is 0 Å². The van der Waals surface area contributed by atoms with Crippen molar-refractivity contribution in [2.75, 3.05) is 0 Å². The van der Waals surface area contributed by atoms with Crippen LogP contribution in [0.15, 0.2) is 231 Å². The van der Waals surface area contributed by atoms with Crippen LogP contribution in [-0.2, 0) is 0 Å². The predicted octanol–water partition coefficient (Wildman–Crippen LogP) is 16.0. The Bertz CT molecular complexity index is 3740. The first-order valence-corrected chi connectivity index (χ1v) is 24.0. The van der Waals surface area contributed by atoms with Crippen molar-refractivity contribution in [1.82, 2.24) is 19.9 Å². The summed E-state index contributed by atoms with van der Waals surface area (Å²) in [6.45, 7) is 7.41. The van der Waals surface area contributed by atoms with Crippen LogP contribution in [0.1, 0.15) is 50.8 Å². The average molecular weight is 917 g/mol. The highest BCUT2D eigenvalue weighted by molar-refractivity contribution is 5.80. The van der Waals surface area contributed by atoms with E-state index >= 15 is 0 Å². The van der Waals surface area contributed by atoms with Crippen LogP contribution in [0.5, 0.6) is 0 Å². The van der Waals surface area contributed by atoms with Crippen LogP contribution >= 0.6 is 0 Å². The Hall–Kier alpha value is -9.88. The Kier molecular flexibility index (Phi) is 10.3. The van der Waals surface area contributed by atoms with E-state index in [1.807, 2.05) is 84.9 Å². The summed E-state index contributed by atoms with van der Waals surface area (Å²) in [5.74, 6) is 1.34. The molecule has 2 aromatic heterocycles. The van der Waals surface area contributed by atoms with Gasteiger partial charge in [0.15, 0.2) is 17.3 Å². The molecule has 0 spiro atoms. The van der Waals surface area contributed by atoms with Crippen molar-refractivity contribution >= 4 is 5.69 Å². The second-order valence-electron chi connectivity index (χ2n) is 18.3. The van der Waals surface area contributed by atoms with Crippen LogP contribution in [0.25, 0.3) is 94.9 Å². The molecule has 72 heavy (non-hydrogen) atoms. The topological polar surface area (TPSA) is 79.7 Å². The summed E-state index contributed by atoms with van der Waals surface area (Å²) in [5, 5.41) is 9.41. The van der Waals surface area contributed by atoms with E-state index in [1.165, 1.54) is 33.4 Å². The van der Waals surface area contributed by atoms with E-state index in [9.17, 15) is 5.26 Å². The second-order valence-corrected chi connectivity index (χ2v) is 18.3. The molecule has 334 valence electrons. The number of hydrogen-bond donors (Lipinski definition) is 0. The molecule has 2 heterocycles. The highest BCUT2D eigenvalue weighted by Gasteiger charge is 2.41. The number of benzene rings is 9. The summed E-state index contributed by atoms with van der Waals surface area (Å²) in [7, 11) is 0. The van der Waals surface area contributed by atoms with Crippen LogP contribution in [0, 0.1) is 17.9 Å². The molecule has 11 aromatic rings. The van der Waals surface area contributed by atoms with Crippen LogP contribution in [0.4, 0.5) is 5.69 Å². The zero-order valence-corrected chi connectivity index (χ0v) is 38.8. The molecule has 2 unspecified atom stereocenters. The number of hydrogen-bond acceptors (Lipinski definition) is 5. The maximum Gasteiger partial charge on any atom is 0.187 e. The molecule has 6 nitrogen and oxygen atoms in total. The SMILES string of the molecule is [C-]#[N+]c1ccc(-c2cccc(-c3cc(-c4ccccc4)nc(-c4ccc5c(c4)C4c6ccccc6C5c5cc(-c6nc(-c7ccccc7)cc(-c7cccc(-c8ccc(C#N)cc8)c7)n6)ccc54)n3)c2)cc1. The summed E-state index contributed by atoms with van der Waals surface area (Å²) in [6.07, 6.45) is 0. The van der Waals surface area contributed by atoms with E-state index in [4.69, 9.17) is 26.5 Å². The van der Waals surface area contributed by atoms with Crippen LogP contribution in [0.2, 0.25) is 0 Å². The molecule has 6 heteroatoms. The lowest BCUT2D eigenvalue weighted by Gasteiger charge is -2.42. The molecule has 3 aliphatic carbocycles. The maximum absolute atomic E-state index is 9.41. The summed E-state index contributed by atoms with van der Waals surface area (Å²) in [6, 6.07) is 81.8. The largest absolute Gasteiger partial charge is 0.238 e. The molecular formula is C66H40N6. The van der Waals surface area contributed by atoms with Crippen LogP contribution in [-0.4, -0.2) is 19.9 Å². The third-order valence-corrected chi connectivity index (χ3v) is 14.1. The Labute approximate surface area is 417 Å². The number of nitriles is 1. The smallest absolute Gasteiger partial charge is 0.187 e. The van der Waals surface area contributed by atoms with Gasteiger partial charge >= 0.3 is 0 Å². The molecule has 3 aliphatic rings. The van der Waals surface area contributed by atoms with Crippen molar-refractivity contribution in [1.29, 1.82) is 5.26 Å². The lowest BCUT2D eigenvalue weighted by Crippen LogP contribution is -2.27. The molecule has 0 saturated carbocycles. The third kappa shape index (κ3) is 7.52. The van der Waals surface area contributed by atoms with Crippen molar-refractivity contribution in [3.63, 3.8) is 0 Å². The molecule has 14 rings (SSSR count). The molecule has 2 atom stereocenters. The number of rotatable bonds is 8. The van der Waals surface area contributed by atoms with Gasteiger partial charge in [0.1, 0.15) is 0 Å². The Morgan fingerprint density at radius 2 is 0.694 bits per heavy atom. The molecule has 0 saturated heterocycles. The number of aromatic nitrogens is 4. The van der Waals surface area contributed by atoms with Crippen molar-refractivity contribution in [3.05, 3.63) is 281 Å². The molecule has 0 aliphatic heterocycles. The quantitative estimate of drug-likeness (QED) is 0.142. The van der Waals surface area contributed by atoms with E-state index < -0.39 is 0 Å². The van der Waals surface area contributed by atoms with Gasteiger partial charge < -0.3 is 0 Å². The maximum atomic E-state index is 9.41. The normalized spacial score (nSPS) is 13.8. The molecule has 0 radical (unpaired) electrons. The molecule has 0 N–H and O–H groups in total. The average Bonchev–Trinajstić information content (AvgIpc) is 3.47. The number of nitrogens with zero attached hydrogens (tertiary/aromatic N) is 6. The van der Waals surface area contributed by atoms with E-state index in [-0.39, 0.29) is 11.8 Å². The van der Waals surface area contributed by atoms with Gasteiger partial charge in [-0.15, -0.1) is 0 Å². The summed E-state index contributed by atoms with van der Waals surface area (Å²) in [4.78, 5) is 24.7. The summed E-state index contributed by atoms with van der Waals surface area (Å²) in [5.41, 5.74) is 22.5. The van der Waals surface area contributed by atoms with Gasteiger partial charge in [-0.05, 0) is 104 Å². The summed E-state index contributed by atoms with van der Waals surface area (Å²) >= 11 is 0. The van der Waals surface area contributed by atoms with E-state index in [0.717, 1.165) is 78.4 Å². The molecule has 9 aromatic carbocycles. The van der Waals surface area contributed by atoms with Gasteiger partial charge in [-0.2, -0.15) is 5.26 Å². The van der Waals surface area contributed by atoms with Gasteiger partial charge in [-0.3, -0.25) is 0 Å². The first-order valence-electron chi connectivity index (χ1n) is 24.0. The van der Waals surface area contributed by atoms with Crippen molar-refractivity contribution in [3.8, 4) is 96.1 Å². The monoisotopic (exact) mass is 916 g/mol. The molecule has 0 amide bonds. The predicted molar refractivity (Wildman–Crippen MR) is 287 cm³/mol. The minimum Gasteiger partial charge on any atom is -0.238 e. The van der Waals surface area contributed by atoms with Gasteiger partial charge in [0.2, 0.25) is 0 Å².